The van der Waals surface area contributed by atoms with Crippen molar-refractivity contribution >= 4 is 27.2 Å². The Morgan fingerprint density at radius 3 is 1.65 bits per heavy atom. The van der Waals surface area contributed by atoms with E-state index in [1.54, 1.807) is 69.4 Å². The predicted octanol–water partition coefficient (Wildman–Crippen LogP) is 3.11. The van der Waals surface area contributed by atoms with Crippen LogP contribution < -0.4 is 10.6 Å². The van der Waals surface area contributed by atoms with Gasteiger partial charge in [0.25, 0.3) is 0 Å². The zero-order valence-electron chi connectivity index (χ0n) is 14.7. The Morgan fingerprint density at radius 2 is 1.19 bits per heavy atom. The van der Waals surface area contributed by atoms with Crippen LogP contribution in [0.25, 0.3) is 0 Å². The van der Waals surface area contributed by atoms with Gasteiger partial charge in [0.05, 0.1) is 9.79 Å². The number of hydrogen-bond acceptors (Lipinski definition) is 7. The van der Waals surface area contributed by atoms with Gasteiger partial charge in [-0.25, -0.2) is 13.4 Å². The highest BCUT2D eigenvalue weighted by Crippen LogP contribution is 2.24. The predicted molar refractivity (Wildman–Crippen MR) is 100 cm³/mol. The first-order valence-corrected chi connectivity index (χ1v) is 9.46. The van der Waals surface area contributed by atoms with Crippen LogP contribution >= 0.6 is 0 Å². The number of sulfone groups is 1. The third kappa shape index (κ3) is 3.80. The zero-order valence-corrected chi connectivity index (χ0v) is 15.5. The minimum absolute atomic E-state index is 0.225. The summed E-state index contributed by atoms with van der Waals surface area (Å²) in [5, 5.41) is 6.02. The topological polar surface area (TPSA) is 96.9 Å². The highest BCUT2D eigenvalue weighted by Gasteiger charge is 2.17. The smallest absolute Gasteiger partial charge is 0.230 e. The van der Waals surface area contributed by atoms with Crippen molar-refractivity contribution in [2.45, 2.75) is 23.6 Å². The molecule has 0 radical (unpaired) electrons. The van der Waals surface area contributed by atoms with Crippen LogP contribution in [0.3, 0.4) is 0 Å². The summed E-state index contributed by atoms with van der Waals surface area (Å²) in [7, 11) is -1.78. The summed E-state index contributed by atoms with van der Waals surface area (Å²) in [6, 6.07) is 13.1. The van der Waals surface area contributed by atoms with Crippen LogP contribution in [0.1, 0.15) is 11.6 Å². The van der Waals surface area contributed by atoms with Gasteiger partial charge in [0, 0.05) is 18.4 Å². The van der Waals surface area contributed by atoms with Gasteiger partial charge in [0.2, 0.25) is 15.8 Å². The first-order chi connectivity index (χ1) is 12.4. The number of hydrogen-bond donors (Lipinski definition) is 2. The minimum Gasteiger partial charge on any atom is -0.388 e. The maximum atomic E-state index is 12.7. The van der Waals surface area contributed by atoms with Crippen molar-refractivity contribution in [1.29, 1.82) is 0 Å². The summed E-state index contributed by atoms with van der Waals surface area (Å²) in [6.45, 7) is 3.57. The van der Waals surface area contributed by atoms with Gasteiger partial charge in [-0.15, -0.1) is 0 Å². The molecule has 26 heavy (non-hydrogen) atoms. The van der Waals surface area contributed by atoms with Crippen LogP contribution in [0, 0.1) is 13.8 Å². The van der Waals surface area contributed by atoms with Crippen molar-refractivity contribution in [2.24, 2.45) is 0 Å². The van der Waals surface area contributed by atoms with Crippen LogP contribution in [0.15, 0.2) is 58.3 Å². The normalized spacial score (nSPS) is 11.2. The molecule has 0 bridgehead atoms. The van der Waals surface area contributed by atoms with Crippen LogP contribution in [0.2, 0.25) is 0 Å². The largest absolute Gasteiger partial charge is 0.388 e. The molecule has 0 aliphatic carbocycles. The molecular weight excluding hydrogens is 350 g/mol. The molecule has 1 aromatic heterocycles. The van der Waals surface area contributed by atoms with Gasteiger partial charge < -0.3 is 10.6 Å². The molecule has 0 amide bonds. The highest BCUT2D eigenvalue weighted by molar-refractivity contribution is 7.91. The molecule has 0 aliphatic rings. The lowest BCUT2D eigenvalue weighted by atomic mass is 10.3. The number of nitrogens with one attached hydrogen (secondary N) is 2. The van der Waals surface area contributed by atoms with Crippen LogP contribution in [0.5, 0.6) is 0 Å². The van der Waals surface area contributed by atoms with E-state index in [9.17, 15) is 8.42 Å². The Labute approximate surface area is 152 Å². The van der Waals surface area contributed by atoms with Gasteiger partial charge in [-0.1, -0.05) is 0 Å². The van der Waals surface area contributed by atoms with Gasteiger partial charge >= 0.3 is 0 Å². The second-order valence-electron chi connectivity index (χ2n) is 5.68. The molecule has 0 atom stereocenters. The lowest BCUT2D eigenvalue weighted by Crippen LogP contribution is -2.04. The first-order valence-electron chi connectivity index (χ1n) is 7.98. The number of aromatic nitrogens is 3. The molecule has 0 saturated carbocycles. The maximum absolute atomic E-state index is 12.7. The van der Waals surface area contributed by atoms with Gasteiger partial charge in [-0.2, -0.15) is 9.97 Å². The summed E-state index contributed by atoms with van der Waals surface area (Å²) in [4.78, 5) is 13.0. The van der Waals surface area contributed by atoms with E-state index in [-0.39, 0.29) is 9.79 Å². The zero-order chi connectivity index (χ0) is 18.7. The molecule has 134 valence electrons. The number of aryl methyl sites for hydroxylation is 2. The fourth-order valence-corrected chi connectivity index (χ4v) is 3.72. The molecule has 0 aliphatic heterocycles. The Bertz CT molecular complexity index is 996. The molecule has 7 nitrogen and oxygen atoms in total. The van der Waals surface area contributed by atoms with E-state index in [0.29, 0.717) is 23.3 Å². The molecule has 2 aromatic carbocycles. The molecule has 3 rings (SSSR count). The molecular formula is C18H19N5O2S. The summed E-state index contributed by atoms with van der Waals surface area (Å²) < 4.78 is 25.4. The van der Waals surface area contributed by atoms with Crippen molar-refractivity contribution in [2.75, 3.05) is 17.7 Å². The lowest BCUT2D eigenvalue weighted by molar-refractivity contribution is 0.596. The molecule has 0 saturated heterocycles. The van der Waals surface area contributed by atoms with Gasteiger partial charge in [0.1, 0.15) is 11.6 Å². The summed E-state index contributed by atoms with van der Waals surface area (Å²) >= 11 is 0. The first kappa shape index (κ1) is 17.8. The third-order valence-electron chi connectivity index (χ3n) is 3.73. The maximum Gasteiger partial charge on any atom is 0.230 e. The monoisotopic (exact) mass is 369 g/mol. The van der Waals surface area contributed by atoms with E-state index in [4.69, 9.17) is 0 Å². The Kier molecular flexibility index (Phi) is 4.85. The van der Waals surface area contributed by atoms with Gasteiger partial charge in [-0.05, 0) is 62.4 Å². The van der Waals surface area contributed by atoms with E-state index in [0.717, 1.165) is 5.69 Å². The fourth-order valence-electron chi connectivity index (χ4n) is 2.45. The summed E-state index contributed by atoms with van der Waals surface area (Å²) in [6.07, 6.45) is 0. The molecule has 0 spiro atoms. The number of benzene rings is 2. The average molecular weight is 369 g/mol. The number of anilines is 3. The molecule has 0 unspecified atom stereocenters. The molecule has 8 heteroatoms. The second kappa shape index (κ2) is 7.09. The van der Waals surface area contributed by atoms with Crippen molar-refractivity contribution in [3.63, 3.8) is 0 Å². The number of rotatable bonds is 5. The van der Waals surface area contributed by atoms with Gasteiger partial charge in [-0.3, -0.25) is 0 Å². The molecule has 2 N–H and O–H groups in total. The third-order valence-corrected chi connectivity index (χ3v) is 5.52. The van der Waals surface area contributed by atoms with Crippen molar-refractivity contribution < 1.29 is 8.42 Å². The van der Waals surface area contributed by atoms with E-state index in [1.807, 2.05) is 0 Å². The SMILES string of the molecule is CNc1ccc(S(=O)(=O)c2ccc(Nc3nc(C)nc(C)n3)cc2)cc1. The Hall–Kier alpha value is -3.00. The van der Waals surface area contributed by atoms with Crippen molar-refractivity contribution in [1.82, 2.24) is 15.0 Å². The fraction of sp³-hybridized carbons (Fsp3) is 0.167. The molecule has 1 heterocycles. The average Bonchev–Trinajstić information content (AvgIpc) is 2.61. The van der Waals surface area contributed by atoms with Crippen LogP contribution in [-0.4, -0.2) is 30.4 Å². The molecule has 0 fully saturated rings. The second-order valence-corrected chi connectivity index (χ2v) is 7.63. The number of nitrogens with zero attached hydrogens (tertiary/aromatic N) is 3. The Balaban J connectivity index is 1.83. The standard InChI is InChI=1S/C18H19N5O2S/c1-12-20-13(2)22-18(21-12)23-15-6-10-17(11-7-15)26(24,25)16-8-4-14(19-3)5-9-16/h4-11,19H,1-3H3,(H,20,21,22,23). The van der Waals surface area contributed by atoms with Crippen molar-refractivity contribution in [3.8, 4) is 0 Å². The summed E-state index contributed by atoms with van der Waals surface area (Å²) in [5.41, 5.74) is 1.55. The molecule has 3 aromatic rings. The van der Waals surface area contributed by atoms with Crippen molar-refractivity contribution in [3.05, 3.63) is 60.2 Å². The lowest BCUT2D eigenvalue weighted by Gasteiger charge is -2.09. The van der Waals surface area contributed by atoms with E-state index in [1.165, 1.54) is 0 Å². The summed E-state index contributed by atoms with van der Waals surface area (Å²) in [5.74, 6) is 1.65. The Morgan fingerprint density at radius 1 is 0.731 bits per heavy atom. The quantitative estimate of drug-likeness (QED) is 0.713. The minimum atomic E-state index is -3.56. The highest BCUT2D eigenvalue weighted by atomic mass is 32.2. The van der Waals surface area contributed by atoms with E-state index >= 15 is 0 Å². The van der Waals surface area contributed by atoms with Crippen LogP contribution in [-0.2, 0) is 9.84 Å². The van der Waals surface area contributed by atoms with Gasteiger partial charge in [0.15, 0.2) is 0 Å². The van der Waals surface area contributed by atoms with E-state index in [2.05, 4.69) is 25.6 Å². The van der Waals surface area contributed by atoms with E-state index < -0.39 is 9.84 Å². The van der Waals surface area contributed by atoms with Crippen LogP contribution in [0.4, 0.5) is 17.3 Å².